The molecule has 118 valence electrons. The standard InChI is InChI=1S/C15H21ClN2O2.ClH/c16-12-3-5-13(6-4-12)20-10-7-14(19)18-15(11-17)8-1-2-9-15;/h3-6H,1-2,7-11,17H2,(H,18,19);1H. The zero-order valence-electron chi connectivity index (χ0n) is 11.9. The summed E-state index contributed by atoms with van der Waals surface area (Å²) in [5.41, 5.74) is 5.61. The maximum atomic E-state index is 11.9. The lowest BCUT2D eigenvalue weighted by atomic mass is 9.98. The van der Waals surface area contributed by atoms with E-state index in [0.717, 1.165) is 31.4 Å². The molecule has 0 aliphatic heterocycles. The van der Waals surface area contributed by atoms with Gasteiger partial charge in [0.15, 0.2) is 0 Å². The van der Waals surface area contributed by atoms with Gasteiger partial charge in [0.25, 0.3) is 0 Å². The van der Waals surface area contributed by atoms with Crippen LogP contribution in [0, 0.1) is 0 Å². The lowest BCUT2D eigenvalue weighted by Gasteiger charge is -2.28. The Morgan fingerprint density at radius 2 is 1.90 bits per heavy atom. The number of rotatable bonds is 6. The fraction of sp³-hybridized carbons (Fsp3) is 0.533. The smallest absolute Gasteiger partial charge is 0.223 e. The Labute approximate surface area is 136 Å². The number of amides is 1. The van der Waals surface area contributed by atoms with E-state index in [1.165, 1.54) is 0 Å². The topological polar surface area (TPSA) is 64.3 Å². The van der Waals surface area contributed by atoms with Crippen LogP contribution < -0.4 is 15.8 Å². The van der Waals surface area contributed by atoms with E-state index in [0.29, 0.717) is 24.6 Å². The van der Waals surface area contributed by atoms with Crippen LogP contribution in [-0.4, -0.2) is 24.6 Å². The first-order valence-electron chi connectivity index (χ1n) is 7.03. The summed E-state index contributed by atoms with van der Waals surface area (Å²) in [7, 11) is 0. The second-order valence-electron chi connectivity index (χ2n) is 5.29. The normalized spacial score (nSPS) is 16.1. The first-order chi connectivity index (χ1) is 9.63. The number of hydrogen-bond acceptors (Lipinski definition) is 3. The van der Waals surface area contributed by atoms with Gasteiger partial charge in [-0.2, -0.15) is 0 Å². The minimum Gasteiger partial charge on any atom is -0.493 e. The quantitative estimate of drug-likeness (QED) is 0.841. The van der Waals surface area contributed by atoms with E-state index < -0.39 is 0 Å². The third-order valence-electron chi connectivity index (χ3n) is 3.77. The zero-order chi connectivity index (χ0) is 14.4. The summed E-state index contributed by atoms with van der Waals surface area (Å²) in [6, 6.07) is 7.11. The fourth-order valence-corrected chi connectivity index (χ4v) is 2.71. The lowest BCUT2D eigenvalue weighted by Crippen LogP contribution is -2.51. The highest BCUT2D eigenvalue weighted by Crippen LogP contribution is 2.28. The van der Waals surface area contributed by atoms with E-state index in [9.17, 15) is 4.79 Å². The molecular weight excluding hydrogens is 311 g/mol. The molecule has 2 rings (SSSR count). The molecule has 0 saturated heterocycles. The van der Waals surface area contributed by atoms with Crippen LogP contribution in [0.1, 0.15) is 32.1 Å². The molecule has 0 radical (unpaired) electrons. The monoisotopic (exact) mass is 332 g/mol. The number of ether oxygens (including phenoxy) is 1. The third kappa shape index (κ3) is 5.38. The van der Waals surface area contributed by atoms with Gasteiger partial charge in [0, 0.05) is 11.6 Å². The Kier molecular flexibility index (Phi) is 7.29. The number of nitrogens with two attached hydrogens (primary N) is 1. The average molecular weight is 333 g/mol. The van der Waals surface area contributed by atoms with Crippen LogP contribution in [0.25, 0.3) is 0 Å². The molecule has 0 atom stereocenters. The summed E-state index contributed by atoms with van der Waals surface area (Å²) in [6.07, 6.45) is 4.57. The van der Waals surface area contributed by atoms with Crippen LogP contribution in [0.5, 0.6) is 5.75 Å². The summed E-state index contributed by atoms with van der Waals surface area (Å²) in [5.74, 6) is 0.725. The third-order valence-corrected chi connectivity index (χ3v) is 4.02. The Bertz CT molecular complexity index is 445. The molecule has 0 heterocycles. The summed E-state index contributed by atoms with van der Waals surface area (Å²) >= 11 is 5.79. The van der Waals surface area contributed by atoms with Gasteiger partial charge in [0.1, 0.15) is 5.75 Å². The molecule has 21 heavy (non-hydrogen) atoms. The lowest BCUT2D eigenvalue weighted by molar-refractivity contribution is -0.123. The molecular formula is C15H22Cl2N2O2. The molecule has 0 unspecified atom stereocenters. The van der Waals surface area contributed by atoms with Gasteiger partial charge in [-0.1, -0.05) is 24.4 Å². The van der Waals surface area contributed by atoms with Gasteiger partial charge in [0.05, 0.1) is 18.6 Å². The molecule has 3 N–H and O–H groups in total. The molecule has 1 fully saturated rings. The molecule has 1 aromatic rings. The van der Waals surface area contributed by atoms with Gasteiger partial charge in [-0.25, -0.2) is 0 Å². The second kappa shape index (κ2) is 8.47. The van der Waals surface area contributed by atoms with Gasteiger partial charge in [-0.05, 0) is 37.1 Å². The Balaban J connectivity index is 0.00000220. The largest absolute Gasteiger partial charge is 0.493 e. The summed E-state index contributed by atoms with van der Waals surface area (Å²) in [6.45, 7) is 0.866. The number of hydrogen-bond donors (Lipinski definition) is 2. The van der Waals surface area contributed by atoms with Crippen molar-refractivity contribution in [3.05, 3.63) is 29.3 Å². The van der Waals surface area contributed by atoms with Gasteiger partial charge in [-0.3, -0.25) is 4.79 Å². The summed E-state index contributed by atoms with van der Waals surface area (Å²) in [5, 5.41) is 3.74. The molecule has 1 aliphatic carbocycles. The van der Waals surface area contributed by atoms with Crippen molar-refractivity contribution in [3.63, 3.8) is 0 Å². The Hall–Kier alpha value is -0.970. The van der Waals surface area contributed by atoms with Crippen LogP contribution in [0.15, 0.2) is 24.3 Å². The zero-order valence-corrected chi connectivity index (χ0v) is 13.5. The number of carbonyl (C=O) groups excluding carboxylic acids is 1. The van der Waals surface area contributed by atoms with Gasteiger partial charge in [-0.15, -0.1) is 12.4 Å². The second-order valence-corrected chi connectivity index (χ2v) is 5.73. The van der Waals surface area contributed by atoms with Crippen molar-refractivity contribution in [3.8, 4) is 5.75 Å². The van der Waals surface area contributed by atoms with Crippen molar-refractivity contribution in [1.82, 2.24) is 5.32 Å². The van der Waals surface area contributed by atoms with Gasteiger partial charge >= 0.3 is 0 Å². The van der Waals surface area contributed by atoms with Crippen LogP contribution in [-0.2, 0) is 4.79 Å². The van der Waals surface area contributed by atoms with Crippen LogP contribution >= 0.6 is 24.0 Å². The van der Waals surface area contributed by atoms with Crippen molar-refractivity contribution in [1.29, 1.82) is 0 Å². The Morgan fingerprint density at radius 1 is 1.29 bits per heavy atom. The maximum absolute atomic E-state index is 11.9. The van der Waals surface area contributed by atoms with E-state index in [1.54, 1.807) is 24.3 Å². The summed E-state index contributed by atoms with van der Waals surface area (Å²) < 4.78 is 5.51. The molecule has 0 spiro atoms. The first-order valence-corrected chi connectivity index (χ1v) is 7.41. The predicted molar refractivity (Wildman–Crippen MR) is 87.2 cm³/mol. The van der Waals surface area contributed by atoms with Crippen LogP contribution in [0.3, 0.4) is 0 Å². The van der Waals surface area contributed by atoms with Crippen LogP contribution in [0.4, 0.5) is 0 Å². The van der Waals surface area contributed by atoms with E-state index in [4.69, 9.17) is 22.1 Å². The maximum Gasteiger partial charge on any atom is 0.223 e. The summed E-state index contributed by atoms with van der Waals surface area (Å²) in [4.78, 5) is 11.9. The highest BCUT2D eigenvalue weighted by Gasteiger charge is 2.33. The fourth-order valence-electron chi connectivity index (χ4n) is 2.58. The molecule has 1 amide bonds. The molecule has 0 bridgehead atoms. The average Bonchev–Trinajstić information content (AvgIpc) is 2.90. The van der Waals surface area contributed by atoms with Crippen molar-refractivity contribution in [2.24, 2.45) is 5.73 Å². The molecule has 1 aliphatic rings. The van der Waals surface area contributed by atoms with Gasteiger partial charge in [0.2, 0.25) is 5.91 Å². The van der Waals surface area contributed by atoms with E-state index in [-0.39, 0.29) is 23.9 Å². The molecule has 6 heteroatoms. The van der Waals surface area contributed by atoms with E-state index >= 15 is 0 Å². The van der Waals surface area contributed by atoms with Crippen molar-refractivity contribution >= 4 is 29.9 Å². The minimum absolute atomic E-state index is 0. The Morgan fingerprint density at radius 3 is 2.48 bits per heavy atom. The number of benzene rings is 1. The number of halogens is 2. The SMILES string of the molecule is Cl.NCC1(NC(=O)CCOc2ccc(Cl)cc2)CCCC1. The van der Waals surface area contributed by atoms with Gasteiger partial charge < -0.3 is 15.8 Å². The minimum atomic E-state index is -0.183. The van der Waals surface area contributed by atoms with Crippen molar-refractivity contribution in [2.45, 2.75) is 37.6 Å². The number of carbonyl (C=O) groups is 1. The van der Waals surface area contributed by atoms with Crippen LogP contribution in [0.2, 0.25) is 5.02 Å². The highest BCUT2D eigenvalue weighted by molar-refractivity contribution is 6.30. The molecule has 1 saturated carbocycles. The molecule has 4 nitrogen and oxygen atoms in total. The predicted octanol–water partition coefficient (Wildman–Crippen LogP) is 2.92. The molecule has 0 aromatic heterocycles. The highest BCUT2D eigenvalue weighted by atomic mass is 35.5. The molecule has 1 aromatic carbocycles. The van der Waals surface area contributed by atoms with Crippen molar-refractivity contribution in [2.75, 3.05) is 13.2 Å². The van der Waals surface area contributed by atoms with E-state index in [1.807, 2.05) is 0 Å². The van der Waals surface area contributed by atoms with E-state index in [2.05, 4.69) is 5.32 Å². The first kappa shape index (κ1) is 18.1. The number of nitrogens with one attached hydrogen (secondary N) is 1. The van der Waals surface area contributed by atoms with Crippen molar-refractivity contribution < 1.29 is 9.53 Å².